The van der Waals surface area contributed by atoms with Crippen LogP contribution in [0.3, 0.4) is 0 Å². The van der Waals surface area contributed by atoms with Crippen molar-refractivity contribution in [3.8, 4) is 5.75 Å². The van der Waals surface area contributed by atoms with E-state index < -0.39 is 0 Å². The monoisotopic (exact) mass is 357 g/mol. The van der Waals surface area contributed by atoms with Gasteiger partial charge in [-0.2, -0.15) is 0 Å². The molecule has 1 N–H and O–H groups in total. The van der Waals surface area contributed by atoms with Gasteiger partial charge < -0.3 is 10.1 Å². The number of ether oxygens (including phenoxy) is 1. The van der Waals surface area contributed by atoms with Crippen molar-refractivity contribution < 1.29 is 9.13 Å². The minimum Gasteiger partial charge on any atom is -0.489 e. The van der Waals surface area contributed by atoms with Gasteiger partial charge in [0.15, 0.2) is 0 Å². The molecule has 0 aromatic heterocycles. The molecule has 2 nitrogen and oxygen atoms in total. The van der Waals surface area contributed by atoms with E-state index in [1.165, 1.54) is 12.1 Å². The highest BCUT2D eigenvalue weighted by Crippen LogP contribution is 2.24. The molecule has 2 aromatic carbocycles. The predicted molar refractivity (Wildman–Crippen MR) is 96.0 cm³/mol. The Balaban J connectivity index is 0.00000264. The summed E-state index contributed by atoms with van der Waals surface area (Å²) in [6.45, 7) is 5.39. The Morgan fingerprint density at radius 2 is 1.87 bits per heavy atom. The van der Waals surface area contributed by atoms with Crippen molar-refractivity contribution in [2.45, 2.75) is 39.5 Å². The molecule has 1 atom stereocenters. The Morgan fingerprint density at radius 3 is 2.52 bits per heavy atom. The van der Waals surface area contributed by atoms with E-state index in [4.69, 9.17) is 16.3 Å². The predicted octanol–water partition coefficient (Wildman–Crippen LogP) is 5.37. The van der Waals surface area contributed by atoms with E-state index in [9.17, 15) is 4.39 Å². The van der Waals surface area contributed by atoms with Crippen LogP contribution in [0, 0.1) is 5.82 Å². The number of hydrogen-bond donors (Lipinski definition) is 1. The van der Waals surface area contributed by atoms with E-state index in [0.29, 0.717) is 24.2 Å². The highest BCUT2D eigenvalue weighted by molar-refractivity contribution is 6.30. The molecule has 5 heteroatoms. The van der Waals surface area contributed by atoms with Gasteiger partial charge in [0.05, 0.1) is 0 Å². The molecular weight excluding hydrogens is 336 g/mol. The number of rotatable bonds is 7. The van der Waals surface area contributed by atoms with Gasteiger partial charge in [-0.3, -0.25) is 0 Å². The number of benzene rings is 2. The van der Waals surface area contributed by atoms with E-state index in [1.54, 1.807) is 12.1 Å². The Kier molecular flexibility index (Phi) is 8.38. The summed E-state index contributed by atoms with van der Waals surface area (Å²) < 4.78 is 18.8. The fourth-order valence-electron chi connectivity index (χ4n) is 2.00. The summed E-state index contributed by atoms with van der Waals surface area (Å²) in [5.74, 6) is 0.554. The Hall–Kier alpha value is -1.29. The minimum absolute atomic E-state index is 0. The van der Waals surface area contributed by atoms with Crippen LogP contribution in [0.15, 0.2) is 42.5 Å². The van der Waals surface area contributed by atoms with Crippen molar-refractivity contribution in [1.29, 1.82) is 0 Å². The van der Waals surface area contributed by atoms with Crippen molar-refractivity contribution in [3.05, 3.63) is 64.4 Å². The fraction of sp³-hybridized carbons (Fsp3) is 0.333. The minimum atomic E-state index is -0.242. The number of nitrogens with one attached hydrogen (secondary N) is 1. The van der Waals surface area contributed by atoms with Gasteiger partial charge in [0.2, 0.25) is 0 Å². The average molecular weight is 358 g/mol. The van der Waals surface area contributed by atoms with Crippen LogP contribution in [0.1, 0.15) is 31.4 Å². The zero-order valence-electron chi connectivity index (χ0n) is 13.3. The van der Waals surface area contributed by atoms with Crippen molar-refractivity contribution in [2.75, 3.05) is 0 Å². The van der Waals surface area contributed by atoms with Crippen molar-refractivity contribution >= 4 is 24.0 Å². The highest BCUT2D eigenvalue weighted by atomic mass is 35.5. The zero-order valence-corrected chi connectivity index (χ0v) is 14.9. The molecule has 2 rings (SSSR count). The topological polar surface area (TPSA) is 21.3 Å². The second-order valence-corrected chi connectivity index (χ2v) is 5.79. The van der Waals surface area contributed by atoms with Gasteiger partial charge in [0.1, 0.15) is 18.2 Å². The second-order valence-electron chi connectivity index (χ2n) is 5.36. The highest BCUT2D eigenvalue weighted by Gasteiger charge is 2.07. The van der Waals surface area contributed by atoms with Crippen LogP contribution < -0.4 is 10.1 Å². The molecule has 0 radical (unpaired) electrons. The maximum atomic E-state index is 12.9. The zero-order chi connectivity index (χ0) is 15.9. The van der Waals surface area contributed by atoms with Gasteiger partial charge in [-0.05, 0) is 49.2 Å². The van der Waals surface area contributed by atoms with Gasteiger partial charge in [-0.25, -0.2) is 4.39 Å². The third kappa shape index (κ3) is 6.38. The van der Waals surface area contributed by atoms with E-state index in [-0.39, 0.29) is 18.2 Å². The van der Waals surface area contributed by atoms with Crippen LogP contribution >= 0.6 is 24.0 Å². The van der Waals surface area contributed by atoms with Gasteiger partial charge in [-0.1, -0.05) is 30.7 Å². The molecule has 0 bridgehead atoms. The van der Waals surface area contributed by atoms with E-state index in [1.807, 2.05) is 18.2 Å². The molecule has 2 aromatic rings. The SMILES string of the molecule is CCC(C)NCc1cc(Cl)ccc1OCc1ccc(F)cc1.Cl. The lowest BCUT2D eigenvalue weighted by atomic mass is 10.1. The van der Waals surface area contributed by atoms with Gasteiger partial charge in [-0.15, -0.1) is 12.4 Å². The number of halogens is 3. The molecule has 0 amide bonds. The summed E-state index contributed by atoms with van der Waals surface area (Å²) in [4.78, 5) is 0. The van der Waals surface area contributed by atoms with Crippen LogP contribution in [-0.2, 0) is 13.2 Å². The molecule has 0 fully saturated rings. The lowest BCUT2D eigenvalue weighted by molar-refractivity contribution is 0.301. The van der Waals surface area contributed by atoms with Crippen molar-refractivity contribution in [1.82, 2.24) is 5.32 Å². The average Bonchev–Trinajstić information content (AvgIpc) is 2.53. The first-order chi connectivity index (χ1) is 10.6. The smallest absolute Gasteiger partial charge is 0.124 e. The van der Waals surface area contributed by atoms with Crippen LogP contribution in [-0.4, -0.2) is 6.04 Å². The first-order valence-electron chi connectivity index (χ1n) is 7.47. The van der Waals surface area contributed by atoms with Crippen LogP contribution in [0.2, 0.25) is 5.02 Å². The van der Waals surface area contributed by atoms with Gasteiger partial charge in [0, 0.05) is 23.2 Å². The lowest BCUT2D eigenvalue weighted by Gasteiger charge is -2.15. The molecule has 0 spiro atoms. The summed E-state index contributed by atoms with van der Waals surface area (Å²) in [6.07, 6.45) is 1.06. The Morgan fingerprint density at radius 1 is 1.17 bits per heavy atom. The molecule has 0 aliphatic carbocycles. The lowest BCUT2D eigenvalue weighted by Crippen LogP contribution is -2.24. The van der Waals surface area contributed by atoms with Gasteiger partial charge >= 0.3 is 0 Å². The maximum absolute atomic E-state index is 12.9. The Labute approximate surface area is 148 Å². The molecule has 0 saturated carbocycles. The molecule has 126 valence electrons. The van der Waals surface area contributed by atoms with Crippen molar-refractivity contribution in [2.24, 2.45) is 0 Å². The van der Waals surface area contributed by atoms with Crippen LogP contribution in [0.5, 0.6) is 5.75 Å². The molecule has 0 aliphatic heterocycles. The summed E-state index contributed by atoms with van der Waals surface area (Å²) in [5.41, 5.74) is 1.95. The quantitative estimate of drug-likeness (QED) is 0.719. The van der Waals surface area contributed by atoms with Gasteiger partial charge in [0.25, 0.3) is 0 Å². The first kappa shape index (κ1) is 19.8. The third-order valence-electron chi connectivity index (χ3n) is 3.58. The Bertz CT molecular complexity index is 604. The molecular formula is C18H22Cl2FNO. The summed E-state index contributed by atoms with van der Waals surface area (Å²) in [5, 5.41) is 4.12. The first-order valence-corrected chi connectivity index (χ1v) is 7.85. The van der Waals surface area contributed by atoms with Crippen molar-refractivity contribution in [3.63, 3.8) is 0 Å². The standard InChI is InChI=1S/C18H21ClFNO.ClH/c1-3-13(2)21-11-15-10-16(19)6-9-18(15)22-12-14-4-7-17(20)8-5-14;/h4-10,13,21H,3,11-12H2,1-2H3;1H. The number of hydrogen-bond acceptors (Lipinski definition) is 2. The molecule has 1 unspecified atom stereocenters. The molecule has 0 heterocycles. The van der Waals surface area contributed by atoms with E-state index in [2.05, 4.69) is 19.2 Å². The van der Waals surface area contributed by atoms with E-state index in [0.717, 1.165) is 23.3 Å². The summed E-state index contributed by atoms with van der Waals surface area (Å²) in [7, 11) is 0. The normalized spacial score (nSPS) is 11.7. The molecule has 0 saturated heterocycles. The fourth-order valence-corrected chi connectivity index (χ4v) is 2.19. The molecule has 0 aliphatic rings. The van der Waals surface area contributed by atoms with E-state index >= 15 is 0 Å². The largest absolute Gasteiger partial charge is 0.489 e. The summed E-state index contributed by atoms with van der Waals surface area (Å²) >= 11 is 6.08. The third-order valence-corrected chi connectivity index (χ3v) is 3.82. The van der Waals surface area contributed by atoms with Crippen LogP contribution in [0.25, 0.3) is 0 Å². The maximum Gasteiger partial charge on any atom is 0.124 e. The molecule has 23 heavy (non-hydrogen) atoms. The second kappa shape index (κ2) is 9.76. The summed E-state index contributed by atoms with van der Waals surface area (Å²) in [6, 6.07) is 12.4. The van der Waals surface area contributed by atoms with Crippen LogP contribution in [0.4, 0.5) is 4.39 Å².